The van der Waals surface area contributed by atoms with E-state index in [0.29, 0.717) is 5.56 Å². The quantitative estimate of drug-likeness (QED) is 0.750. The first-order valence-electron chi connectivity index (χ1n) is 11.0. The Bertz CT molecular complexity index is 887. The molecular weight excluding hydrogens is 376 g/mol. The molecule has 158 valence electrons. The van der Waals surface area contributed by atoms with E-state index in [1.54, 1.807) is 12.4 Å². The topological polar surface area (TPSA) is 74.3 Å². The minimum atomic E-state index is -0.141. The van der Waals surface area contributed by atoms with Gasteiger partial charge in [-0.25, -0.2) is 0 Å². The summed E-state index contributed by atoms with van der Waals surface area (Å²) in [6.45, 7) is 3.82. The number of benzene rings is 1. The number of carbonyl (C=O) groups is 2. The van der Waals surface area contributed by atoms with Crippen LogP contribution in [-0.2, 0) is 4.79 Å². The van der Waals surface area contributed by atoms with Gasteiger partial charge in [-0.1, -0.05) is 18.9 Å². The van der Waals surface area contributed by atoms with Crippen molar-refractivity contribution in [2.24, 2.45) is 5.92 Å². The first kappa shape index (κ1) is 20.4. The number of amides is 2. The number of nitrogens with one attached hydrogen (secondary N) is 2. The lowest BCUT2D eigenvalue weighted by molar-refractivity contribution is -0.117. The summed E-state index contributed by atoms with van der Waals surface area (Å²) in [7, 11) is 0. The van der Waals surface area contributed by atoms with E-state index < -0.39 is 0 Å². The van der Waals surface area contributed by atoms with E-state index in [0.717, 1.165) is 55.7 Å². The molecule has 0 bridgehead atoms. The fraction of sp³-hybridized carbons (Fsp3) is 0.458. The van der Waals surface area contributed by atoms with E-state index in [1.165, 1.54) is 12.8 Å². The average molecular weight is 407 g/mol. The summed E-state index contributed by atoms with van der Waals surface area (Å²) in [5.74, 6) is 0.125. The molecule has 1 aliphatic heterocycles. The van der Waals surface area contributed by atoms with Crippen LogP contribution in [0.2, 0.25) is 0 Å². The number of carbonyl (C=O) groups excluding carboxylic acids is 2. The van der Waals surface area contributed by atoms with E-state index in [2.05, 4.69) is 20.5 Å². The van der Waals surface area contributed by atoms with Crippen LogP contribution in [0.1, 0.15) is 67.4 Å². The number of anilines is 2. The third kappa shape index (κ3) is 4.99. The van der Waals surface area contributed by atoms with Crippen LogP contribution in [0, 0.1) is 5.92 Å². The summed E-state index contributed by atoms with van der Waals surface area (Å²) in [6, 6.07) is 9.34. The fourth-order valence-electron chi connectivity index (χ4n) is 3.95. The number of rotatable bonds is 6. The second-order valence-corrected chi connectivity index (χ2v) is 8.38. The van der Waals surface area contributed by atoms with E-state index in [9.17, 15) is 9.59 Å². The summed E-state index contributed by atoms with van der Waals surface area (Å²) in [5, 5.41) is 6.13. The molecule has 2 aromatic rings. The first-order chi connectivity index (χ1) is 14.6. The standard InChI is InChI=1S/C24H30N4O2/c1-17(19-7-6-12-25-16-19)26-24(30)21-11-10-20(27-23(29)18-8-9-18)15-22(21)28-13-4-2-3-5-14-28/h6-7,10-12,15-18H,2-5,8-9,13-14H2,1H3,(H,26,30)(H,27,29). The van der Waals surface area contributed by atoms with Crippen molar-refractivity contribution in [1.29, 1.82) is 0 Å². The van der Waals surface area contributed by atoms with Gasteiger partial charge in [-0.15, -0.1) is 0 Å². The molecule has 1 aromatic heterocycles. The number of hydrogen-bond donors (Lipinski definition) is 2. The highest BCUT2D eigenvalue weighted by atomic mass is 16.2. The Morgan fingerprint density at radius 3 is 2.53 bits per heavy atom. The average Bonchev–Trinajstić information content (AvgIpc) is 3.61. The predicted octanol–water partition coefficient (Wildman–Crippen LogP) is 4.30. The van der Waals surface area contributed by atoms with Gasteiger partial charge in [-0.05, 0) is 62.4 Å². The van der Waals surface area contributed by atoms with Gasteiger partial charge >= 0.3 is 0 Å². The van der Waals surface area contributed by atoms with Crippen LogP contribution in [-0.4, -0.2) is 29.9 Å². The normalized spacial score (nSPS) is 17.7. The maximum Gasteiger partial charge on any atom is 0.253 e. The summed E-state index contributed by atoms with van der Waals surface area (Å²) in [4.78, 5) is 31.9. The summed E-state index contributed by atoms with van der Waals surface area (Å²) in [5.41, 5.74) is 3.29. The van der Waals surface area contributed by atoms with E-state index in [1.807, 2.05) is 37.3 Å². The lowest BCUT2D eigenvalue weighted by Crippen LogP contribution is -2.31. The van der Waals surface area contributed by atoms with Gasteiger partial charge in [0.2, 0.25) is 5.91 Å². The highest BCUT2D eigenvalue weighted by Gasteiger charge is 2.30. The maximum atomic E-state index is 13.2. The fourth-order valence-corrected chi connectivity index (χ4v) is 3.95. The molecule has 6 heteroatoms. The van der Waals surface area contributed by atoms with Crippen LogP contribution in [0.3, 0.4) is 0 Å². The predicted molar refractivity (Wildman–Crippen MR) is 119 cm³/mol. The summed E-state index contributed by atoms with van der Waals surface area (Å²) in [6.07, 6.45) is 10.1. The highest BCUT2D eigenvalue weighted by Crippen LogP contribution is 2.32. The highest BCUT2D eigenvalue weighted by molar-refractivity contribution is 6.02. The lowest BCUT2D eigenvalue weighted by Gasteiger charge is -2.26. The number of pyridine rings is 1. The molecule has 30 heavy (non-hydrogen) atoms. The van der Waals surface area contributed by atoms with Gasteiger partial charge in [0.15, 0.2) is 0 Å². The Balaban J connectivity index is 1.57. The number of hydrogen-bond acceptors (Lipinski definition) is 4. The smallest absolute Gasteiger partial charge is 0.253 e. The maximum absolute atomic E-state index is 13.2. The largest absolute Gasteiger partial charge is 0.371 e. The van der Waals surface area contributed by atoms with Crippen molar-refractivity contribution in [2.45, 2.75) is 51.5 Å². The second-order valence-electron chi connectivity index (χ2n) is 8.38. The van der Waals surface area contributed by atoms with E-state index in [-0.39, 0.29) is 23.8 Å². The van der Waals surface area contributed by atoms with Crippen LogP contribution in [0.4, 0.5) is 11.4 Å². The summed E-state index contributed by atoms with van der Waals surface area (Å²) < 4.78 is 0. The molecule has 0 spiro atoms. The molecule has 1 atom stereocenters. The minimum Gasteiger partial charge on any atom is -0.371 e. The van der Waals surface area contributed by atoms with Crippen LogP contribution in [0.25, 0.3) is 0 Å². The molecule has 6 nitrogen and oxygen atoms in total. The molecule has 0 radical (unpaired) electrons. The molecule has 1 saturated carbocycles. The third-order valence-electron chi connectivity index (χ3n) is 5.94. The molecule has 1 aromatic carbocycles. The molecular formula is C24H30N4O2. The first-order valence-corrected chi connectivity index (χ1v) is 11.0. The van der Waals surface area contributed by atoms with E-state index >= 15 is 0 Å². The Labute approximate surface area is 178 Å². The van der Waals surface area contributed by atoms with Gasteiger partial charge in [-0.3, -0.25) is 14.6 Å². The zero-order valence-corrected chi connectivity index (χ0v) is 17.6. The molecule has 1 aliphatic carbocycles. The van der Waals surface area contributed by atoms with Crippen LogP contribution < -0.4 is 15.5 Å². The zero-order valence-electron chi connectivity index (χ0n) is 17.6. The molecule has 1 saturated heterocycles. The Morgan fingerprint density at radius 1 is 1.10 bits per heavy atom. The van der Waals surface area contributed by atoms with Crippen molar-refractivity contribution in [3.05, 3.63) is 53.9 Å². The van der Waals surface area contributed by atoms with Gasteiger partial charge in [0, 0.05) is 37.1 Å². The van der Waals surface area contributed by atoms with E-state index in [4.69, 9.17) is 0 Å². The molecule has 2 aliphatic rings. The Kier molecular flexibility index (Phi) is 6.31. The van der Waals surface area contributed by atoms with Crippen molar-refractivity contribution in [2.75, 3.05) is 23.3 Å². The Morgan fingerprint density at radius 2 is 1.87 bits per heavy atom. The van der Waals surface area contributed by atoms with Crippen molar-refractivity contribution in [3.63, 3.8) is 0 Å². The van der Waals surface area contributed by atoms with Crippen molar-refractivity contribution in [1.82, 2.24) is 10.3 Å². The SMILES string of the molecule is CC(NC(=O)c1ccc(NC(=O)C2CC2)cc1N1CCCCCC1)c1cccnc1. The second kappa shape index (κ2) is 9.28. The number of aromatic nitrogens is 1. The third-order valence-corrected chi connectivity index (χ3v) is 5.94. The molecule has 1 unspecified atom stereocenters. The van der Waals surface area contributed by atoms with Crippen molar-refractivity contribution >= 4 is 23.2 Å². The van der Waals surface area contributed by atoms with Gasteiger partial charge in [0.1, 0.15) is 0 Å². The molecule has 4 rings (SSSR count). The molecule has 2 fully saturated rings. The zero-order chi connectivity index (χ0) is 20.9. The number of nitrogens with zero attached hydrogens (tertiary/aromatic N) is 2. The van der Waals surface area contributed by atoms with Crippen molar-refractivity contribution < 1.29 is 9.59 Å². The van der Waals surface area contributed by atoms with Crippen LogP contribution in [0.15, 0.2) is 42.7 Å². The van der Waals surface area contributed by atoms with Crippen LogP contribution >= 0.6 is 0 Å². The van der Waals surface area contributed by atoms with Crippen molar-refractivity contribution in [3.8, 4) is 0 Å². The lowest BCUT2D eigenvalue weighted by atomic mass is 10.1. The molecule has 2 heterocycles. The molecule has 2 N–H and O–H groups in total. The molecule has 2 amide bonds. The minimum absolute atomic E-state index is 0.0826. The van der Waals surface area contributed by atoms with Gasteiger partial charge < -0.3 is 15.5 Å². The summed E-state index contributed by atoms with van der Waals surface area (Å²) >= 11 is 0. The van der Waals surface area contributed by atoms with Crippen LogP contribution in [0.5, 0.6) is 0 Å². The Hall–Kier alpha value is -2.89. The van der Waals surface area contributed by atoms with Gasteiger partial charge in [0.25, 0.3) is 5.91 Å². The van der Waals surface area contributed by atoms with Gasteiger partial charge in [-0.2, -0.15) is 0 Å². The van der Waals surface area contributed by atoms with Gasteiger partial charge in [0.05, 0.1) is 17.3 Å². The monoisotopic (exact) mass is 406 g/mol.